The van der Waals surface area contributed by atoms with Crippen molar-refractivity contribution >= 4 is 47.2 Å². The Hall–Kier alpha value is -6.58. The fourth-order valence-corrected chi connectivity index (χ4v) is 7.46. The van der Waals surface area contributed by atoms with Gasteiger partial charge in [0.15, 0.2) is 6.04 Å². The molecule has 60 heavy (non-hydrogen) atoms. The van der Waals surface area contributed by atoms with E-state index in [9.17, 15) is 43.5 Å². The number of rotatable bonds is 13. The Labute approximate surface area is 348 Å². The normalized spacial score (nSPS) is 19.5. The molecule has 2 aliphatic heterocycles. The third-order valence-electron chi connectivity index (χ3n) is 10.5. The molecule has 6 rings (SSSR count). The topological polar surface area (TPSA) is 238 Å². The van der Waals surface area contributed by atoms with E-state index in [2.05, 4.69) is 31.9 Å². The average molecular weight is 825 g/mol. The van der Waals surface area contributed by atoms with Crippen LogP contribution in [0.4, 0.5) is 0 Å². The summed E-state index contributed by atoms with van der Waals surface area (Å²) in [4.78, 5) is 106. The van der Waals surface area contributed by atoms with Gasteiger partial charge in [0.1, 0.15) is 29.6 Å². The van der Waals surface area contributed by atoms with Gasteiger partial charge in [-0.25, -0.2) is 4.79 Å². The zero-order valence-corrected chi connectivity index (χ0v) is 33.7. The van der Waals surface area contributed by atoms with Gasteiger partial charge in [-0.2, -0.15) is 0 Å². The Kier molecular flexibility index (Phi) is 15.9. The van der Waals surface area contributed by atoms with E-state index in [1.54, 1.807) is 73.7 Å². The number of hydrogen-bond donors (Lipinski definition) is 7. The molecule has 4 bridgehead atoms. The average Bonchev–Trinajstić information content (AvgIpc) is 3.23. The first-order valence-corrected chi connectivity index (χ1v) is 20.2. The highest BCUT2D eigenvalue weighted by Gasteiger charge is 2.37. The van der Waals surface area contributed by atoms with E-state index in [-0.39, 0.29) is 25.2 Å². The summed E-state index contributed by atoms with van der Waals surface area (Å²) < 4.78 is 6.09. The minimum absolute atomic E-state index is 0.0349. The van der Waals surface area contributed by atoms with Crippen LogP contribution in [0.25, 0.3) is 0 Å². The first-order valence-electron chi connectivity index (χ1n) is 20.2. The number of carbonyl (C=O) groups is 8. The molecule has 16 heteroatoms. The monoisotopic (exact) mass is 824 g/mol. The summed E-state index contributed by atoms with van der Waals surface area (Å²) in [5, 5.41) is 25.2. The summed E-state index contributed by atoms with van der Waals surface area (Å²) in [6.45, 7) is 2.33. The minimum Gasteiger partial charge on any atom is -0.479 e. The molecule has 7 N–H and O–H groups in total. The number of carboxylic acids is 1. The lowest BCUT2D eigenvalue weighted by molar-refractivity contribution is -0.142. The van der Waals surface area contributed by atoms with Crippen LogP contribution < -0.4 is 36.6 Å². The highest BCUT2D eigenvalue weighted by Crippen LogP contribution is 2.28. The SMILES string of the molecule is CCCC(NC(=O)[C@@H]1Cc2cccc(c2)Oc2ccc(cc2)C[C@H](NC(C)=O)C(=O)N[C@@H](C2CCCCC2)C(=O)N1)C(=O)C(=O)NCC(=O)N[C@H](C(=O)O)c1ccccc1. The van der Waals surface area contributed by atoms with Crippen molar-refractivity contribution in [2.45, 2.75) is 102 Å². The lowest BCUT2D eigenvalue weighted by atomic mass is 9.83. The van der Waals surface area contributed by atoms with E-state index in [0.717, 1.165) is 24.8 Å². The molecule has 0 spiro atoms. The smallest absolute Gasteiger partial charge is 0.330 e. The molecule has 5 atom stereocenters. The molecule has 1 unspecified atom stereocenters. The molecule has 0 radical (unpaired) electrons. The van der Waals surface area contributed by atoms with Gasteiger partial charge >= 0.3 is 5.97 Å². The molecule has 0 aromatic heterocycles. The molecule has 6 amide bonds. The number of ketones is 1. The van der Waals surface area contributed by atoms with Crippen molar-refractivity contribution in [1.82, 2.24) is 31.9 Å². The Bertz CT molecular complexity index is 2040. The van der Waals surface area contributed by atoms with E-state index in [1.165, 1.54) is 19.1 Å². The Morgan fingerprint density at radius 1 is 0.800 bits per heavy atom. The fraction of sp³-hybridized carbons (Fsp3) is 0.409. The van der Waals surface area contributed by atoms with Crippen LogP contribution >= 0.6 is 0 Å². The van der Waals surface area contributed by atoms with Crippen molar-refractivity contribution in [3.63, 3.8) is 0 Å². The first-order chi connectivity index (χ1) is 28.8. The van der Waals surface area contributed by atoms with Crippen LogP contribution in [0.1, 0.15) is 81.5 Å². The lowest BCUT2D eigenvalue weighted by Gasteiger charge is -2.32. The number of benzene rings is 3. The van der Waals surface area contributed by atoms with Crippen molar-refractivity contribution in [3.8, 4) is 11.5 Å². The van der Waals surface area contributed by atoms with Crippen LogP contribution in [0.5, 0.6) is 11.5 Å². The second-order valence-electron chi connectivity index (χ2n) is 15.1. The highest BCUT2D eigenvalue weighted by molar-refractivity contribution is 6.38. The summed E-state index contributed by atoms with van der Waals surface area (Å²) in [6.07, 6.45) is 4.38. The maximum atomic E-state index is 14.4. The molecule has 0 saturated heterocycles. The first kappa shape index (κ1) is 44.5. The highest BCUT2D eigenvalue weighted by atomic mass is 16.5. The summed E-state index contributed by atoms with van der Waals surface area (Å²) in [5.41, 5.74) is 1.64. The van der Waals surface area contributed by atoms with Crippen molar-refractivity contribution in [2.75, 3.05) is 6.54 Å². The number of carbonyl (C=O) groups excluding carboxylic acids is 7. The van der Waals surface area contributed by atoms with Gasteiger partial charge in [-0.1, -0.05) is 87.2 Å². The van der Waals surface area contributed by atoms with E-state index >= 15 is 0 Å². The molecular formula is C44H52N6O10. The van der Waals surface area contributed by atoms with Gasteiger partial charge in [0, 0.05) is 19.8 Å². The summed E-state index contributed by atoms with van der Waals surface area (Å²) in [6, 6.07) is 15.8. The van der Waals surface area contributed by atoms with E-state index < -0.39 is 83.9 Å². The van der Waals surface area contributed by atoms with Crippen LogP contribution in [0.2, 0.25) is 0 Å². The number of nitrogens with one attached hydrogen (secondary N) is 6. The van der Waals surface area contributed by atoms with Crippen molar-refractivity contribution in [3.05, 3.63) is 95.6 Å². The second kappa shape index (κ2) is 21.4. The van der Waals surface area contributed by atoms with Crippen LogP contribution in [-0.4, -0.2) is 83.0 Å². The summed E-state index contributed by atoms with van der Waals surface area (Å²) in [5.74, 6) is -6.16. The van der Waals surface area contributed by atoms with Crippen LogP contribution in [0.15, 0.2) is 78.9 Å². The largest absolute Gasteiger partial charge is 0.479 e. The number of fused-ring (bicyclic) bond motifs is 10. The van der Waals surface area contributed by atoms with Crippen LogP contribution in [-0.2, 0) is 51.2 Å². The Morgan fingerprint density at radius 3 is 2.18 bits per heavy atom. The molecule has 3 aromatic rings. The number of aliphatic carboxylic acids is 1. The molecule has 2 heterocycles. The van der Waals surface area contributed by atoms with Crippen molar-refractivity contribution in [1.29, 1.82) is 0 Å². The predicted octanol–water partition coefficient (Wildman–Crippen LogP) is 2.54. The molecular weight excluding hydrogens is 773 g/mol. The number of hydrogen-bond acceptors (Lipinski definition) is 9. The molecule has 318 valence electrons. The number of ether oxygens (including phenoxy) is 1. The zero-order valence-electron chi connectivity index (χ0n) is 33.7. The summed E-state index contributed by atoms with van der Waals surface area (Å²) >= 11 is 0. The van der Waals surface area contributed by atoms with E-state index in [0.29, 0.717) is 41.9 Å². The van der Waals surface area contributed by atoms with Crippen LogP contribution in [0, 0.1) is 5.92 Å². The van der Waals surface area contributed by atoms with E-state index in [1.807, 2.05) is 0 Å². The van der Waals surface area contributed by atoms with Gasteiger partial charge in [-0.3, -0.25) is 33.6 Å². The quantitative estimate of drug-likeness (QED) is 0.124. The maximum absolute atomic E-state index is 14.4. The minimum atomic E-state index is -1.40. The van der Waals surface area contributed by atoms with E-state index in [4.69, 9.17) is 4.74 Å². The third kappa shape index (κ3) is 12.7. The predicted molar refractivity (Wildman–Crippen MR) is 218 cm³/mol. The maximum Gasteiger partial charge on any atom is 0.330 e. The van der Waals surface area contributed by atoms with Gasteiger partial charge in [0.25, 0.3) is 5.91 Å². The fourth-order valence-electron chi connectivity index (χ4n) is 7.46. The molecule has 3 aromatic carbocycles. The summed E-state index contributed by atoms with van der Waals surface area (Å²) in [7, 11) is 0. The third-order valence-corrected chi connectivity index (χ3v) is 10.5. The van der Waals surface area contributed by atoms with Gasteiger partial charge in [0.05, 0.1) is 12.6 Å². The van der Waals surface area contributed by atoms with Gasteiger partial charge in [0.2, 0.25) is 35.3 Å². The number of carboxylic acid groups (broad SMARTS) is 1. The zero-order chi connectivity index (χ0) is 43.2. The number of Topliss-reactive ketones (excluding diaryl/α,β-unsaturated/α-hetero) is 1. The number of amides is 6. The Balaban J connectivity index is 1.38. The molecule has 1 aliphatic carbocycles. The van der Waals surface area contributed by atoms with Crippen molar-refractivity contribution in [2.24, 2.45) is 5.92 Å². The molecule has 3 aliphatic rings. The molecule has 1 saturated carbocycles. The molecule has 16 nitrogen and oxygen atoms in total. The standard InChI is InChI=1S/C44H52N6O10/c1-3-11-33(39(53)43(57)45-25-36(52)49-38(44(58)59)30-15-8-5-9-16-30)47-40(54)35-24-28-12-10-17-32(22-28)60-31-20-18-27(19-21-31)23-34(46-26(2)51)41(55)50-37(42(56)48-35)29-13-6-4-7-14-29/h5,8-10,12,15-22,29,33-35,37-38H,3-4,6-7,11,13-14,23-25H2,1-2H3,(H,45,57)(H,46,51)(H,47,54)(H,48,56)(H,49,52)(H,50,55)(H,58,59)/t33?,34-,35-,37-,38-/m0/s1. The van der Waals surface area contributed by atoms with Crippen molar-refractivity contribution < 1.29 is 48.2 Å². The second-order valence-corrected chi connectivity index (χ2v) is 15.1. The molecule has 1 fully saturated rings. The van der Waals surface area contributed by atoms with Crippen LogP contribution in [0.3, 0.4) is 0 Å². The Morgan fingerprint density at radius 2 is 1.52 bits per heavy atom. The van der Waals surface area contributed by atoms with Gasteiger partial charge < -0.3 is 41.7 Å². The van der Waals surface area contributed by atoms with Gasteiger partial charge in [-0.15, -0.1) is 0 Å². The lowest BCUT2D eigenvalue weighted by Crippen LogP contribution is -2.60. The van der Waals surface area contributed by atoms with Gasteiger partial charge in [-0.05, 0) is 66.1 Å².